The number of benzene rings is 3. The fourth-order valence-electron chi connectivity index (χ4n) is 8.90. The van der Waals surface area contributed by atoms with Gasteiger partial charge >= 0.3 is 11.4 Å². The zero-order valence-electron chi connectivity index (χ0n) is 28.6. The number of allylic oxidation sites excluding steroid dienone is 2. The number of rotatable bonds is 7. The van der Waals surface area contributed by atoms with Gasteiger partial charge in [0.1, 0.15) is 17.3 Å². The first kappa shape index (κ1) is 35.5. The molecule has 7 rings (SSSR count). The molecule has 2 saturated heterocycles. The van der Waals surface area contributed by atoms with E-state index in [1.54, 1.807) is 19.1 Å². The van der Waals surface area contributed by atoms with E-state index in [1.165, 1.54) is 44.3 Å². The quantitative estimate of drug-likeness (QED) is 0.139. The van der Waals surface area contributed by atoms with Crippen molar-refractivity contribution in [1.82, 2.24) is 0 Å². The number of phenols is 1. The Morgan fingerprint density at radius 1 is 0.943 bits per heavy atom. The number of hydrogen-bond acceptors (Lipinski definition) is 11. The summed E-state index contributed by atoms with van der Waals surface area (Å²) in [4.78, 5) is 83.1. The molecule has 0 bridgehead atoms. The third-order valence-electron chi connectivity index (χ3n) is 11.1. The Bertz CT molecular complexity index is 2190. The van der Waals surface area contributed by atoms with Gasteiger partial charge in [0.15, 0.2) is 5.69 Å². The standard InChI is InChI=1S/C36H31ClFN5O10/c1-36-21(33(46)41(35(36)48)16-8-11-23(38)22(37)12-16)15-20-18(30(36)29-26(44)6-5-7-27(29)53-4)9-10-19-28(20)34(47)40(32(19)45)17-13-24(42(49)50)31(39(2)3)25(14-17)43(51)52/h5-9,11-14,19-21,28,30,44H,10,15H2,1-4H3. The highest BCUT2D eigenvalue weighted by Gasteiger charge is 2.68. The average molecular weight is 748 g/mol. The fourth-order valence-corrected chi connectivity index (χ4v) is 9.08. The number of phenolic OH excluding ortho intramolecular Hbond substituents is 1. The molecule has 3 aromatic carbocycles. The Morgan fingerprint density at radius 3 is 2.19 bits per heavy atom. The molecule has 3 aromatic rings. The maximum absolute atomic E-state index is 14.6. The molecule has 4 amide bonds. The second-order valence-corrected chi connectivity index (χ2v) is 14.3. The van der Waals surface area contributed by atoms with Crippen LogP contribution in [0, 0.1) is 55.1 Å². The maximum Gasteiger partial charge on any atom is 0.301 e. The number of nitrogens with zero attached hydrogens (tertiary/aromatic N) is 5. The topological polar surface area (TPSA) is 194 Å². The molecule has 2 aliphatic carbocycles. The highest BCUT2D eigenvalue weighted by atomic mass is 35.5. The monoisotopic (exact) mass is 747 g/mol. The number of hydrogen-bond donors (Lipinski definition) is 1. The number of anilines is 3. The van der Waals surface area contributed by atoms with Crippen molar-refractivity contribution in [3.63, 3.8) is 0 Å². The molecule has 2 heterocycles. The highest BCUT2D eigenvalue weighted by molar-refractivity contribution is 6.32. The summed E-state index contributed by atoms with van der Waals surface area (Å²) in [5.74, 6) is -8.92. The number of carbonyl (C=O) groups is 4. The van der Waals surface area contributed by atoms with E-state index in [0.29, 0.717) is 5.57 Å². The minimum Gasteiger partial charge on any atom is -0.508 e. The van der Waals surface area contributed by atoms with E-state index in [2.05, 4.69) is 0 Å². The summed E-state index contributed by atoms with van der Waals surface area (Å²) in [5.41, 5.74) is -2.97. The van der Waals surface area contributed by atoms with E-state index in [9.17, 15) is 48.9 Å². The molecule has 2 aliphatic heterocycles. The number of carbonyl (C=O) groups excluding carboxylic acids is 4. The number of nitro groups is 2. The van der Waals surface area contributed by atoms with Gasteiger partial charge in [-0.3, -0.25) is 39.4 Å². The Morgan fingerprint density at radius 2 is 1.60 bits per heavy atom. The van der Waals surface area contributed by atoms with Crippen molar-refractivity contribution in [2.75, 3.05) is 35.9 Å². The lowest BCUT2D eigenvalue weighted by Gasteiger charge is -2.49. The van der Waals surface area contributed by atoms with Gasteiger partial charge in [0.05, 0.1) is 56.5 Å². The number of aromatic hydroxyl groups is 1. The first-order valence-electron chi connectivity index (χ1n) is 16.5. The minimum absolute atomic E-state index is 0.0162. The Labute approximate surface area is 305 Å². The summed E-state index contributed by atoms with van der Waals surface area (Å²) in [6.07, 6.45) is 1.59. The van der Waals surface area contributed by atoms with Crippen LogP contribution in [-0.4, -0.2) is 59.8 Å². The molecule has 0 spiro atoms. The second kappa shape index (κ2) is 12.4. The summed E-state index contributed by atoms with van der Waals surface area (Å²) < 4.78 is 19.8. The SMILES string of the molecule is COc1cccc(O)c1C1C2=CCC3C(=O)N(c4cc([N+](=O)[O-])c(N(C)C)c([N+](=O)[O-])c4)C(=O)C3C2CC2C(=O)N(c3ccc(F)c(Cl)c3)C(=O)C21C. The number of methoxy groups -OCH3 is 1. The van der Waals surface area contributed by atoms with Gasteiger partial charge in [-0.25, -0.2) is 14.2 Å². The molecule has 1 N–H and O–H groups in total. The van der Waals surface area contributed by atoms with Gasteiger partial charge < -0.3 is 14.7 Å². The van der Waals surface area contributed by atoms with Crippen molar-refractivity contribution >= 4 is 63.7 Å². The molecule has 3 fully saturated rings. The van der Waals surface area contributed by atoms with Crippen molar-refractivity contribution in [2.24, 2.45) is 29.1 Å². The Balaban J connectivity index is 1.39. The van der Waals surface area contributed by atoms with E-state index in [0.717, 1.165) is 34.1 Å². The van der Waals surface area contributed by atoms with Crippen LogP contribution in [0.1, 0.15) is 31.2 Å². The van der Waals surface area contributed by atoms with Gasteiger partial charge in [-0.05, 0) is 56.0 Å². The van der Waals surface area contributed by atoms with E-state index in [4.69, 9.17) is 16.3 Å². The Hall–Kier alpha value is -5.90. The summed E-state index contributed by atoms with van der Waals surface area (Å²) in [6, 6.07) is 9.82. The van der Waals surface area contributed by atoms with Crippen LogP contribution in [0.4, 0.5) is 32.8 Å². The molecule has 274 valence electrons. The zero-order valence-corrected chi connectivity index (χ0v) is 29.4. The molecule has 0 radical (unpaired) electrons. The first-order chi connectivity index (χ1) is 25.0. The van der Waals surface area contributed by atoms with Gasteiger partial charge in [-0.1, -0.05) is 29.3 Å². The predicted octanol–water partition coefficient (Wildman–Crippen LogP) is 5.51. The van der Waals surface area contributed by atoms with E-state index in [-0.39, 0.29) is 52.0 Å². The molecular formula is C36H31ClFN5O10. The largest absolute Gasteiger partial charge is 0.508 e. The molecule has 53 heavy (non-hydrogen) atoms. The van der Waals surface area contributed by atoms with Gasteiger partial charge in [0.25, 0.3) is 0 Å². The normalized spacial score (nSPS) is 26.2. The molecule has 6 atom stereocenters. The number of ether oxygens (including phenoxy) is 1. The minimum atomic E-state index is -1.59. The van der Waals surface area contributed by atoms with Gasteiger partial charge in [0, 0.05) is 37.7 Å². The molecule has 17 heteroatoms. The van der Waals surface area contributed by atoms with Crippen LogP contribution >= 0.6 is 11.6 Å². The summed E-state index contributed by atoms with van der Waals surface area (Å²) >= 11 is 6.06. The smallest absolute Gasteiger partial charge is 0.301 e. The third-order valence-corrected chi connectivity index (χ3v) is 11.4. The van der Waals surface area contributed by atoms with Crippen molar-refractivity contribution < 1.29 is 43.3 Å². The van der Waals surface area contributed by atoms with Gasteiger partial charge in [-0.15, -0.1) is 0 Å². The molecule has 15 nitrogen and oxygen atoms in total. The molecule has 6 unspecified atom stereocenters. The maximum atomic E-state index is 14.6. The van der Waals surface area contributed by atoms with Gasteiger partial charge in [0.2, 0.25) is 23.6 Å². The molecule has 1 saturated carbocycles. The van der Waals surface area contributed by atoms with E-state index in [1.807, 2.05) is 0 Å². The average Bonchev–Trinajstić information content (AvgIpc) is 3.48. The van der Waals surface area contributed by atoms with Crippen molar-refractivity contribution in [3.8, 4) is 11.5 Å². The third kappa shape index (κ3) is 4.99. The molecule has 4 aliphatic rings. The number of halogens is 2. The Kier molecular flexibility index (Phi) is 8.28. The number of nitro benzene ring substituents is 2. The summed E-state index contributed by atoms with van der Waals surface area (Å²) in [7, 11) is 4.14. The van der Waals surface area contributed by atoms with Gasteiger partial charge in [-0.2, -0.15) is 0 Å². The van der Waals surface area contributed by atoms with E-state index < -0.39 is 85.7 Å². The van der Waals surface area contributed by atoms with E-state index >= 15 is 0 Å². The van der Waals surface area contributed by atoms with Crippen LogP contribution in [0.3, 0.4) is 0 Å². The van der Waals surface area contributed by atoms with Crippen LogP contribution in [0.2, 0.25) is 5.02 Å². The predicted molar refractivity (Wildman–Crippen MR) is 187 cm³/mol. The number of amides is 4. The molecule has 0 aromatic heterocycles. The summed E-state index contributed by atoms with van der Waals surface area (Å²) in [5, 5.41) is 35.3. The number of fused-ring (bicyclic) bond motifs is 4. The lowest BCUT2D eigenvalue weighted by molar-refractivity contribution is -0.392. The van der Waals surface area contributed by atoms with Crippen LogP contribution in [0.15, 0.2) is 60.2 Å². The first-order valence-corrected chi connectivity index (χ1v) is 16.8. The molecular weight excluding hydrogens is 717 g/mol. The van der Waals surface area contributed by atoms with Crippen LogP contribution in [0.25, 0.3) is 0 Å². The van der Waals surface area contributed by atoms with Crippen LogP contribution in [-0.2, 0) is 19.2 Å². The zero-order chi connectivity index (χ0) is 38.4. The highest BCUT2D eigenvalue weighted by Crippen LogP contribution is 2.65. The van der Waals surface area contributed by atoms with Crippen LogP contribution < -0.4 is 19.4 Å². The van der Waals surface area contributed by atoms with Crippen molar-refractivity contribution in [2.45, 2.75) is 25.7 Å². The lowest BCUT2D eigenvalue weighted by Crippen LogP contribution is -2.49. The fraction of sp³-hybridized carbons (Fsp3) is 0.333. The number of imide groups is 2. The second-order valence-electron chi connectivity index (χ2n) is 13.9. The van der Waals surface area contributed by atoms with Crippen molar-refractivity contribution in [3.05, 3.63) is 96.8 Å². The van der Waals surface area contributed by atoms with Crippen LogP contribution in [0.5, 0.6) is 11.5 Å². The lowest BCUT2D eigenvalue weighted by atomic mass is 9.51. The van der Waals surface area contributed by atoms with Crippen molar-refractivity contribution in [1.29, 1.82) is 0 Å². The summed E-state index contributed by atoms with van der Waals surface area (Å²) in [6.45, 7) is 1.58.